The molecule has 0 aliphatic rings. The highest BCUT2D eigenvalue weighted by Gasteiger charge is 2.36. The van der Waals surface area contributed by atoms with Gasteiger partial charge in [-0.15, -0.1) is 9.09 Å². The molecule has 0 aliphatic carbocycles. The van der Waals surface area contributed by atoms with Gasteiger partial charge in [0.1, 0.15) is 0 Å². The minimum Gasteiger partial charge on any atom is -0.456 e. The first-order valence-corrected chi connectivity index (χ1v) is 12.0. The maximum atomic E-state index is 13.9. The van der Waals surface area contributed by atoms with Crippen LogP contribution in [0.5, 0.6) is 0 Å². The number of fused-ring (bicyclic) bond motifs is 1. The summed E-state index contributed by atoms with van der Waals surface area (Å²) in [5.74, 6) is -2.41. The van der Waals surface area contributed by atoms with Gasteiger partial charge in [-0.25, -0.2) is 13.2 Å². The number of hydrogen-bond donors (Lipinski definition) is 1. The highest BCUT2D eigenvalue weighted by atomic mass is 32.2. The zero-order valence-corrected chi connectivity index (χ0v) is 20.1. The van der Waals surface area contributed by atoms with Crippen LogP contribution >= 0.6 is 0 Å². The number of carbonyl (C=O) groups is 2. The first-order valence-electron chi connectivity index (χ1n) is 10.1. The molecule has 0 aliphatic heterocycles. The van der Waals surface area contributed by atoms with E-state index in [-0.39, 0.29) is 20.8 Å². The summed E-state index contributed by atoms with van der Waals surface area (Å²) in [5, 5.41) is 3.48. The number of halogens is 3. The number of hydrogen-bond acceptors (Lipinski definition) is 8. The first kappa shape index (κ1) is 26.7. The Hall–Kier alpha value is -3.95. The van der Waals surface area contributed by atoms with Crippen molar-refractivity contribution in [2.24, 2.45) is 0 Å². The molecule has 12 nitrogen and oxygen atoms in total. The number of benzene rings is 1. The largest absolute Gasteiger partial charge is 0.456 e. The molecule has 0 atom stereocenters. The molecule has 0 unspecified atom stereocenters. The van der Waals surface area contributed by atoms with Crippen molar-refractivity contribution in [1.29, 1.82) is 0 Å². The number of sulfonamides is 1. The van der Waals surface area contributed by atoms with Gasteiger partial charge in [0.05, 0.1) is 28.4 Å². The molecule has 16 heteroatoms. The molecule has 0 saturated carbocycles. The van der Waals surface area contributed by atoms with Crippen LogP contribution in [0.3, 0.4) is 0 Å². The highest BCUT2D eigenvalue weighted by Crippen LogP contribution is 2.39. The van der Waals surface area contributed by atoms with E-state index in [1.54, 1.807) is 13.8 Å². The lowest BCUT2D eigenvalue weighted by Crippen LogP contribution is -2.56. The van der Waals surface area contributed by atoms with Crippen molar-refractivity contribution in [2.45, 2.75) is 33.0 Å². The molecule has 1 N–H and O–H groups in total. The van der Waals surface area contributed by atoms with E-state index in [1.165, 1.54) is 16.9 Å². The van der Waals surface area contributed by atoms with Crippen LogP contribution in [0.25, 0.3) is 22.2 Å². The summed E-state index contributed by atoms with van der Waals surface area (Å²) in [6, 6.07) is 2.31. The predicted octanol–water partition coefficient (Wildman–Crippen LogP) is 1.14. The van der Waals surface area contributed by atoms with Crippen LogP contribution in [0.1, 0.15) is 32.4 Å². The molecule has 36 heavy (non-hydrogen) atoms. The summed E-state index contributed by atoms with van der Waals surface area (Å²) < 4.78 is 71.9. The Kier molecular flexibility index (Phi) is 6.85. The third kappa shape index (κ3) is 5.02. The number of ether oxygens (including phenoxy) is 1. The van der Waals surface area contributed by atoms with Crippen LogP contribution in [0.2, 0.25) is 0 Å². The van der Waals surface area contributed by atoms with Gasteiger partial charge in [0.15, 0.2) is 6.61 Å². The lowest BCUT2D eigenvalue weighted by molar-refractivity contribution is -0.145. The van der Waals surface area contributed by atoms with Crippen LogP contribution in [0.4, 0.5) is 13.2 Å². The molecule has 0 fully saturated rings. The fourth-order valence-electron chi connectivity index (χ4n) is 3.47. The van der Waals surface area contributed by atoms with Crippen molar-refractivity contribution in [3.05, 3.63) is 50.8 Å². The third-order valence-corrected chi connectivity index (χ3v) is 5.86. The number of esters is 1. The maximum absolute atomic E-state index is 13.9. The molecular weight excluding hydrogens is 511 g/mol. The zero-order valence-electron chi connectivity index (χ0n) is 19.3. The van der Waals surface area contributed by atoms with Gasteiger partial charge < -0.3 is 9.72 Å². The number of nitrogens with one attached hydrogen (secondary N) is 1. The molecule has 1 amide bonds. The average Bonchev–Trinajstić information content (AvgIpc) is 3.23. The molecular formula is C20H20F3N5O7S. The number of aromatic nitrogens is 4. The quantitative estimate of drug-likeness (QED) is 0.465. The lowest BCUT2D eigenvalue weighted by atomic mass is 10.0. The van der Waals surface area contributed by atoms with Crippen LogP contribution in [-0.4, -0.2) is 52.6 Å². The molecule has 2 heterocycles. The Bertz CT molecular complexity index is 1590. The van der Waals surface area contributed by atoms with E-state index in [0.29, 0.717) is 12.3 Å². The summed E-state index contributed by atoms with van der Waals surface area (Å²) >= 11 is 0. The normalized spacial score (nSPS) is 12.2. The maximum Gasteiger partial charge on any atom is 0.417 e. The monoisotopic (exact) mass is 531 g/mol. The van der Waals surface area contributed by atoms with Crippen LogP contribution in [-0.2, 0) is 30.5 Å². The summed E-state index contributed by atoms with van der Waals surface area (Å²) in [5.41, 5.74) is -5.11. The van der Waals surface area contributed by atoms with E-state index in [0.717, 1.165) is 13.0 Å². The lowest BCUT2D eigenvalue weighted by Gasteiger charge is -2.21. The summed E-state index contributed by atoms with van der Waals surface area (Å²) in [6.07, 6.45) is -3.13. The minimum absolute atomic E-state index is 0.00211. The number of nitrogens with zero attached hydrogens (tertiary/aromatic N) is 4. The standard InChI is InChI=1S/C20H20F3N5O7S/c1-10(2)26-16(5-6-24-26)12-7-13-15(8-14(12)20(21,22)23)25-19(32)27(18(13)31)28(36(4,33)34)17(30)9-35-11(3)29/h5-8,10H,9H2,1-4H3,(H,25,32). The van der Waals surface area contributed by atoms with Crippen LogP contribution in [0, 0.1) is 0 Å². The second kappa shape index (κ2) is 9.25. The number of H-pyrrole nitrogens is 1. The molecule has 0 radical (unpaired) electrons. The van der Waals surface area contributed by atoms with Gasteiger partial charge in [0.25, 0.3) is 21.5 Å². The van der Waals surface area contributed by atoms with Gasteiger partial charge in [-0.3, -0.25) is 19.1 Å². The summed E-state index contributed by atoms with van der Waals surface area (Å²) in [4.78, 5) is 51.4. The van der Waals surface area contributed by atoms with E-state index in [1.807, 2.05) is 4.98 Å². The van der Waals surface area contributed by atoms with E-state index in [9.17, 15) is 40.8 Å². The van der Waals surface area contributed by atoms with Gasteiger partial charge in [-0.05, 0) is 32.0 Å². The second-order valence-electron chi connectivity index (χ2n) is 7.92. The van der Waals surface area contributed by atoms with Gasteiger partial charge >= 0.3 is 17.8 Å². The molecule has 0 saturated heterocycles. The Labute approximate surface area is 200 Å². The summed E-state index contributed by atoms with van der Waals surface area (Å²) in [7, 11) is -4.64. The predicted molar refractivity (Wildman–Crippen MR) is 120 cm³/mol. The Morgan fingerprint density at radius 3 is 2.39 bits per heavy atom. The van der Waals surface area contributed by atoms with Crippen molar-refractivity contribution in [2.75, 3.05) is 17.3 Å². The molecule has 2 aromatic heterocycles. The molecule has 3 rings (SSSR count). The molecule has 3 aromatic rings. The number of amides is 1. The number of aromatic amines is 1. The van der Waals surface area contributed by atoms with Crippen molar-refractivity contribution >= 4 is 32.8 Å². The highest BCUT2D eigenvalue weighted by molar-refractivity contribution is 7.92. The van der Waals surface area contributed by atoms with Gasteiger partial charge in [0, 0.05) is 24.7 Å². The Morgan fingerprint density at radius 2 is 1.86 bits per heavy atom. The molecule has 0 spiro atoms. The average molecular weight is 531 g/mol. The smallest absolute Gasteiger partial charge is 0.417 e. The zero-order chi connectivity index (χ0) is 27.2. The van der Waals surface area contributed by atoms with Gasteiger partial charge in [-0.1, -0.05) is 0 Å². The van der Waals surface area contributed by atoms with E-state index in [4.69, 9.17) is 0 Å². The molecule has 194 valence electrons. The fourth-order valence-corrected chi connectivity index (χ4v) is 4.34. The van der Waals surface area contributed by atoms with E-state index in [2.05, 4.69) is 9.84 Å². The number of rotatable bonds is 6. The van der Waals surface area contributed by atoms with Crippen molar-refractivity contribution in [3.8, 4) is 11.3 Å². The number of carbonyl (C=O) groups excluding carboxylic acids is 2. The number of alkyl halides is 3. The van der Waals surface area contributed by atoms with E-state index >= 15 is 0 Å². The topological polar surface area (TPSA) is 153 Å². The SMILES string of the molecule is CC(=O)OCC(=O)N(n1c(=O)[nH]c2cc(C(F)(F)F)c(-c3ccnn3C(C)C)cc2c1=O)S(C)(=O)=O. The van der Waals surface area contributed by atoms with Crippen molar-refractivity contribution in [1.82, 2.24) is 19.4 Å². The second-order valence-corrected chi connectivity index (χ2v) is 9.73. The summed E-state index contributed by atoms with van der Waals surface area (Å²) in [6.45, 7) is 3.16. The molecule has 0 bridgehead atoms. The van der Waals surface area contributed by atoms with E-state index < -0.39 is 68.0 Å². The van der Waals surface area contributed by atoms with Gasteiger partial charge in [-0.2, -0.15) is 18.3 Å². The first-order chi connectivity index (χ1) is 16.5. The van der Waals surface area contributed by atoms with Crippen LogP contribution < -0.4 is 15.7 Å². The van der Waals surface area contributed by atoms with Crippen LogP contribution in [0.15, 0.2) is 34.0 Å². The van der Waals surface area contributed by atoms with Crippen molar-refractivity contribution < 1.29 is 35.9 Å². The van der Waals surface area contributed by atoms with Gasteiger partial charge in [0.2, 0.25) is 0 Å². The Morgan fingerprint density at radius 1 is 1.22 bits per heavy atom. The molecule has 1 aromatic carbocycles. The Balaban J connectivity index is 2.39. The third-order valence-electron chi connectivity index (χ3n) is 4.86. The fraction of sp³-hybridized carbons (Fsp3) is 0.350. The van der Waals surface area contributed by atoms with Crippen molar-refractivity contribution in [3.63, 3.8) is 0 Å². The minimum atomic E-state index is -4.90.